The van der Waals surface area contributed by atoms with E-state index in [1.165, 1.54) is 0 Å². The van der Waals surface area contributed by atoms with Crippen molar-refractivity contribution in [2.24, 2.45) is 7.05 Å². The van der Waals surface area contributed by atoms with Gasteiger partial charge in [-0.25, -0.2) is 4.98 Å². The molecular weight excluding hydrogens is 164 g/mol. The zero-order valence-electron chi connectivity index (χ0n) is 8.00. The van der Waals surface area contributed by atoms with Crippen LogP contribution < -0.4 is 5.73 Å². The normalized spacial score (nSPS) is 11.0. The molecule has 4 nitrogen and oxygen atoms in total. The highest BCUT2D eigenvalue weighted by Crippen LogP contribution is 2.17. The molecule has 0 bridgehead atoms. The second-order valence-electron chi connectivity index (χ2n) is 3.26. The molecule has 2 heterocycles. The quantitative estimate of drug-likeness (QED) is 0.655. The fraction of sp³-hybridized carbons (Fsp3) is 0.333. The van der Waals surface area contributed by atoms with Crippen molar-refractivity contribution in [2.75, 3.05) is 5.73 Å². The van der Waals surface area contributed by atoms with Gasteiger partial charge in [-0.2, -0.15) is 4.98 Å². The predicted molar refractivity (Wildman–Crippen MR) is 52.4 cm³/mol. The van der Waals surface area contributed by atoms with Crippen molar-refractivity contribution in [3.63, 3.8) is 0 Å². The van der Waals surface area contributed by atoms with Crippen molar-refractivity contribution in [1.82, 2.24) is 14.5 Å². The Morgan fingerprint density at radius 2 is 2.00 bits per heavy atom. The highest BCUT2D eigenvalue weighted by Gasteiger charge is 2.07. The van der Waals surface area contributed by atoms with Crippen LogP contribution in [0.2, 0.25) is 0 Å². The molecule has 13 heavy (non-hydrogen) atoms. The van der Waals surface area contributed by atoms with Crippen molar-refractivity contribution >= 4 is 17.1 Å². The summed E-state index contributed by atoms with van der Waals surface area (Å²) >= 11 is 0. The maximum absolute atomic E-state index is 5.66. The molecule has 2 aromatic rings. The number of hydrogen-bond acceptors (Lipinski definition) is 3. The Morgan fingerprint density at radius 1 is 1.31 bits per heavy atom. The third-order valence-corrected chi connectivity index (χ3v) is 2.35. The van der Waals surface area contributed by atoms with E-state index in [0.29, 0.717) is 5.95 Å². The topological polar surface area (TPSA) is 56.7 Å². The lowest BCUT2D eigenvalue weighted by atomic mass is 10.2. The van der Waals surface area contributed by atoms with E-state index in [-0.39, 0.29) is 0 Å². The molecule has 2 N–H and O–H groups in total. The first-order chi connectivity index (χ1) is 6.09. The van der Waals surface area contributed by atoms with Crippen LogP contribution >= 0.6 is 0 Å². The monoisotopic (exact) mass is 176 g/mol. The number of imidazole rings is 1. The lowest BCUT2D eigenvalue weighted by Gasteiger charge is -1.99. The zero-order chi connectivity index (χ0) is 9.59. The first kappa shape index (κ1) is 8.04. The van der Waals surface area contributed by atoms with Gasteiger partial charge in [-0.05, 0) is 25.5 Å². The van der Waals surface area contributed by atoms with Gasteiger partial charge in [0.05, 0.1) is 5.52 Å². The minimum atomic E-state index is 0.507. The SMILES string of the molecule is Cc1cc2c(nc1C)nc(N)n2C. The maximum Gasteiger partial charge on any atom is 0.202 e. The molecule has 68 valence electrons. The van der Waals surface area contributed by atoms with E-state index in [9.17, 15) is 0 Å². The van der Waals surface area contributed by atoms with E-state index in [4.69, 9.17) is 5.73 Å². The summed E-state index contributed by atoms with van der Waals surface area (Å²) in [6.45, 7) is 4.00. The number of fused-ring (bicyclic) bond motifs is 1. The van der Waals surface area contributed by atoms with E-state index in [1.54, 1.807) is 0 Å². The fourth-order valence-corrected chi connectivity index (χ4v) is 1.31. The van der Waals surface area contributed by atoms with Crippen LogP contribution in [-0.2, 0) is 7.05 Å². The van der Waals surface area contributed by atoms with E-state index in [2.05, 4.69) is 16.0 Å². The van der Waals surface area contributed by atoms with Gasteiger partial charge in [-0.3, -0.25) is 0 Å². The summed E-state index contributed by atoms with van der Waals surface area (Å²) in [5.74, 6) is 0.507. The summed E-state index contributed by atoms with van der Waals surface area (Å²) in [6, 6.07) is 2.06. The van der Waals surface area contributed by atoms with Crippen LogP contribution in [0.25, 0.3) is 11.2 Å². The number of aryl methyl sites for hydroxylation is 3. The molecule has 0 saturated carbocycles. The summed E-state index contributed by atoms with van der Waals surface area (Å²) in [5.41, 5.74) is 9.54. The number of hydrogen-bond donors (Lipinski definition) is 1. The predicted octanol–water partition coefficient (Wildman–Crippen LogP) is 1.17. The first-order valence-corrected chi connectivity index (χ1v) is 4.15. The number of aromatic nitrogens is 3. The fourth-order valence-electron chi connectivity index (χ4n) is 1.31. The zero-order valence-corrected chi connectivity index (χ0v) is 8.00. The average Bonchev–Trinajstić information content (AvgIpc) is 2.32. The Morgan fingerprint density at radius 3 is 2.69 bits per heavy atom. The number of rotatable bonds is 0. The second-order valence-corrected chi connectivity index (χ2v) is 3.26. The van der Waals surface area contributed by atoms with Crippen LogP contribution in [0.15, 0.2) is 6.07 Å². The molecule has 2 aromatic heterocycles. The second kappa shape index (κ2) is 2.45. The molecule has 0 fully saturated rings. The lowest BCUT2D eigenvalue weighted by Crippen LogP contribution is -1.96. The number of anilines is 1. The van der Waals surface area contributed by atoms with Crippen molar-refractivity contribution in [3.8, 4) is 0 Å². The third-order valence-electron chi connectivity index (χ3n) is 2.35. The molecule has 0 amide bonds. The van der Waals surface area contributed by atoms with Gasteiger partial charge in [0.2, 0.25) is 5.95 Å². The molecule has 0 saturated heterocycles. The van der Waals surface area contributed by atoms with E-state index < -0.39 is 0 Å². The summed E-state index contributed by atoms with van der Waals surface area (Å²) in [7, 11) is 1.89. The molecule has 4 heteroatoms. The average molecular weight is 176 g/mol. The standard InChI is InChI=1S/C9H12N4/c1-5-4-7-8(11-6(5)2)12-9(10)13(7)3/h4H,1-3H3,(H2,10,11,12). The molecule has 0 atom stereocenters. The van der Waals surface area contributed by atoms with Crippen LogP contribution in [0.3, 0.4) is 0 Å². The van der Waals surface area contributed by atoms with Gasteiger partial charge in [0.25, 0.3) is 0 Å². The highest BCUT2D eigenvalue weighted by atomic mass is 15.2. The van der Waals surface area contributed by atoms with E-state index >= 15 is 0 Å². The molecule has 0 aliphatic carbocycles. The molecule has 0 aliphatic rings. The van der Waals surface area contributed by atoms with Crippen molar-refractivity contribution in [2.45, 2.75) is 13.8 Å². The van der Waals surface area contributed by atoms with Crippen LogP contribution in [0.4, 0.5) is 5.95 Å². The maximum atomic E-state index is 5.66. The Balaban J connectivity index is 2.89. The first-order valence-electron chi connectivity index (χ1n) is 4.15. The molecule has 0 spiro atoms. The molecule has 2 rings (SSSR count). The van der Waals surface area contributed by atoms with Crippen LogP contribution in [0.5, 0.6) is 0 Å². The van der Waals surface area contributed by atoms with Crippen molar-refractivity contribution in [1.29, 1.82) is 0 Å². The van der Waals surface area contributed by atoms with Gasteiger partial charge in [0.15, 0.2) is 5.65 Å². The molecule has 0 aromatic carbocycles. The summed E-state index contributed by atoms with van der Waals surface area (Å²) in [6.07, 6.45) is 0. The number of nitrogens with zero attached hydrogens (tertiary/aromatic N) is 3. The minimum absolute atomic E-state index is 0.507. The Labute approximate surface area is 76.4 Å². The van der Waals surface area contributed by atoms with Crippen molar-refractivity contribution in [3.05, 3.63) is 17.3 Å². The van der Waals surface area contributed by atoms with Gasteiger partial charge in [-0.1, -0.05) is 0 Å². The third kappa shape index (κ3) is 1.06. The molecular formula is C9H12N4. The molecule has 0 radical (unpaired) electrons. The number of nitrogens with two attached hydrogens (primary N) is 1. The van der Waals surface area contributed by atoms with Crippen LogP contribution in [-0.4, -0.2) is 14.5 Å². The van der Waals surface area contributed by atoms with E-state index in [1.807, 2.05) is 25.5 Å². The number of nitrogen functional groups attached to an aromatic ring is 1. The minimum Gasteiger partial charge on any atom is -0.369 e. The van der Waals surface area contributed by atoms with Gasteiger partial charge < -0.3 is 10.3 Å². The van der Waals surface area contributed by atoms with Gasteiger partial charge in [0.1, 0.15) is 0 Å². The van der Waals surface area contributed by atoms with Gasteiger partial charge >= 0.3 is 0 Å². The van der Waals surface area contributed by atoms with Crippen molar-refractivity contribution < 1.29 is 0 Å². The molecule has 0 unspecified atom stereocenters. The Bertz CT molecular complexity index is 470. The number of pyridine rings is 1. The smallest absolute Gasteiger partial charge is 0.202 e. The molecule has 0 aliphatic heterocycles. The Hall–Kier alpha value is -1.58. The summed E-state index contributed by atoms with van der Waals surface area (Å²) < 4.78 is 1.84. The summed E-state index contributed by atoms with van der Waals surface area (Å²) in [5, 5.41) is 0. The largest absolute Gasteiger partial charge is 0.369 e. The van der Waals surface area contributed by atoms with E-state index in [0.717, 1.165) is 22.4 Å². The summed E-state index contributed by atoms with van der Waals surface area (Å²) in [4.78, 5) is 8.49. The van der Waals surface area contributed by atoms with Gasteiger partial charge in [0, 0.05) is 12.7 Å². The highest BCUT2D eigenvalue weighted by molar-refractivity contribution is 5.75. The Kier molecular flexibility index (Phi) is 1.52. The van der Waals surface area contributed by atoms with Crippen LogP contribution in [0.1, 0.15) is 11.3 Å². The lowest BCUT2D eigenvalue weighted by molar-refractivity contribution is 0.964. The van der Waals surface area contributed by atoms with Crippen LogP contribution in [0, 0.1) is 13.8 Å². The van der Waals surface area contributed by atoms with Gasteiger partial charge in [-0.15, -0.1) is 0 Å².